The summed E-state index contributed by atoms with van der Waals surface area (Å²) in [6.07, 6.45) is 1.04. The number of hydrogen-bond acceptors (Lipinski definition) is 4. The summed E-state index contributed by atoms with van der Waals surface area (Å²) < 4.78 is 0. The molecule has 9 nitrogen and oxygen atoms in total. The zero-order valence-corrected chi connectivity index (χ0v) is 7.40. The van der Waals surface area contributed by atoms with Gasteiger partial charge in [-0.05, 0) is 0 Å². The van der Waals surface area contributed by atoms with Gasteiger partial charge in [-0.25, -0.2) is 14.6 Å². The van der Waals surface area contributed by atoms with E-state index in [2.05, 4.69) is 15.3 Å². The summed E-state index contributed by atoms with van der Waals surface area (Å²) >= 11 is 0. The van der Waals surface area contributed by atoms with Crippen molar-refractivity contribution in [2.45, 2.75) is 0 Å². The number of hydrogen-bond donors (Lipinski definition) is 5. The molecule has 0 spiro atoms. The predicted molar refractivity (Wildman–Crippen MR) is 51.3 cm³/mol. The fraction of sp³-hybridized carbons (Fsp3) is 0. The van der Waals surface area contributed by atoms with E-state index in [0.717, 1.165) is 6.20 Å². The lowest BCUT2D eigenvalue weighted by Gasteiger charge is -2.02. The van der Waals surface area contributed by atoms with E-state index >= 15 is 0 Å². The molecule has 0 radical (unpaired) electrons. The Morgan fingerprint density at radius 1 is 1.27 bits per heavy atom. The molecule has 1 aromatic heterocycles. The molecular weight excluding hydrogens is 204 g/mol. The Morgan fingerprint density at radius 3 is 2.33 bits per heavy atom. The first kappa shape index (κ1) is 10.5. The standard InChI is InChI=1S/C6H8N6O3/c7-4(14)10-2-1-9-6(11-3(2)13)12-5(8)15/h1H,(H3,7,10,14)(H4,8,9,11,12,13,15). The number of amides is 4. The highest BCUT2D eigenvalue weighted by Gasteiger charge is 2.04. The Kier molecular flexibility index (Phi) is 2.86. The molecule has 0 saturated carbocycles. The Bertz CT molecular complexity index is 452. The summed E-state index contributed by atoms with van der Waals surface area (Å²) in [5.41, 5.74) is 8.80. The Hall–Kier alpha value is -2.58. The van der Waals surface area contributed by atoms with E-state index in [9.17, 15) is 14.4 Å². The average Bonchev–Trinajstić information content (AvgIpc) is 2.08. The van der Waals surface area contributed by atoms with Gasteiger partial charge in [0.1, 0.15) is 5.69 Å². The first-order valence-corrected chi connectivity index (χ1v) is 3.71. The lowest BCUT2D eigenvalue weighted by molar-refractivity contribution is 0.258. The molecule has 0 bridgehead atoms. The normalized spacial score (nSPS) is 9.33. The molecule has 4 amide bonds. The summed E-state index contributed by atoms with van der Waals surface area (Å²) in [6, 6.07) is -1.76. The molecule has 7 N–H and O–H groups in total. The van der Waals surface area contributed by atoms with Crippen molar-refractivity contribution in [3.05, 3.63) is 16.6 Å². The third kappa shape index (κ3) is 2.99. The maximum atomic E-state index is 11.2. The second-order valence-electron chi connectivity index (χ2n) is 2.45. The summed E-state index contributed by atoms with van der Waals surface area (Å²) in [4.78, 5) is 37.8. The molecule has 0 unspecified atom stereocenters. The topological polar surface area (TPSA) is 156 Å². The van der Waals surface area contributed by atoms with Gasteiger partial charge in [0, 0.05) is 0 Å². The van der Waals surface area contributed by atoms with Crippen LogP contribution in [0.3, 0.4) is 0 Å². The molecule has 0 atom stereocenters. The SMILES string of the molecule is NC(=O)Nc1ncc(NC(N)=O)c(=O)[nH]1. The van der Waals surface area contributed by atoms with Gasteiger partial charge < -0.3 is 16.8 Å². The molecule has 15 heavy (non-hydrogen) atoms. The maximum Gasteiger partial charge on any atom is 0.318 e. The first-order chi connectivity index (χ1) is 6.99. The number of nitrogens with one attached hydrogen (secondary N) is 3. The van der Waals surface area contributed by atoms with Gasteiger partial charge in [-0.3, -0.25) is 15.1 Å². The van der Waals surface area contributed by atoms with Crippen LogP contribution in [0.4, 0.5) is 21.2 Å². The third-order valence-corrected chi connectivity index (χ3v) is 1.30. The van der Waals surface area contributed by atoms with Gasteiger partial charge in [0.2, 0.25) is 5.95 Å². The highest BCUT2D eigenvalue weighted by Crippen LogP contribution is 1.98. The molecule has 9 heteroatoms. The number of carbonyl (C=O) groups is 2. The Balaban J connectivity index is 2.93. The highest BCUT2D eigenvalue weighted by molar-refractivity contribution is 5.88. The molecule has 0 fully saturated rings. The van der Waals surface area contributed by atoms with Crippen LogP contribution in [-0.4, -0.2) is 22.0 Å². The fourth-order valence-corrected chi connectivity index (χ4v) is 0.797. The van der Waals surface area contributed by atoms with E-state index in [4.69, 9.17) is 11.5 Å². The second-order valence-corrected chi connectivity index (χ2v) is 2.45. The number of rotatable bonds is 2. The van der Waals surface area contributed by atoms with Crippen LogP contribution < -0.4 is 27.7 Å². The van der Waals surface area contributed by atoms with Crippen molar-refractivity contribution >= 4 is 23.7 Å². The molecule has 0 aliphatic heterocycles. The van der Waals surface area contributed by atoms with Crippen LogP contribution in [0.1, 0.15) is 0 Å². The van der Waals surface area contributed by atoms with Gasteiger partial charge in [0.05, 0.1) is 6.20 Å². The van der Waals surface area contributed by atoms with E-state index in [0.29, 0.717) is 0 Å². The van der Waals surface area contributed by atoms with E-state index in [1.54, 1.807) is 0 Å². The van der Waals surface area contributed by atoms with Crippen molar-refractivity contribution in [1.29, 1.82) is 0 Å². The number of primary amides is 2. The van der Waals surface area contributed by atoms with Crippen molar-refractivity contribution in [2.24, 2.45) is 11.5 Å². The molecule has 0 aliphatic carbocycles. The van der Waals surface area contributed by atoms with E-state index in [1.807, 2.05) is 5.32 Å². The minimum Gasteiger partial charge on any atom is -0.351 e. The van der Waals surface area contributed by atoms with Crippen LogP contribution in [0.2, 0.25) is 0 Å². The largest absolute Gasteiger partial charge is 0.351 e. The molecule has 1 aromatic rings. The van der Waals surface area contributed by atoms with Gasteiger partial charge in [-0.15, -0.1) is 0 Å². The van der Waals surface area contributed by atoms with Gasteiger partial charge in [-0.1, -0.05) is 0 Å². The van der Waals surface area contributed by atoms with Crippen LogP contribution in [0.15, 0.2) is 11.0 Å². The molecule has 0 aromatic carbocycles. The van der Waals surface area contributed by atoms with E-state index in [-0.39, 0.29) is 11.6 Å². The van der Waals surface area contributed by atoms with Crippen molar-refractivity contribution in [2.75, 3.05) is 10.6 Å². The quantitative estimate of drug-likeness (QED) is 0.415. The zero-order chi connectivity index (χ0) is 11.4. The van der Waals surface area contributed by atoms with E-state index < -0.39 is 17.6 Å². The first-order valence-electron chi connectivity index (χ1n) is 3.71. The molecule has 1 rings (SSSR count). The van der Waals surface area contributed by atoms with Crippen LogP contribution in [0, 0.1) is 0 Å². The monoisotopic (exact) mass is 212 g/mol. The molecule has 1 heterocycles. The van der Waals surface area contributed by atoms with Crippen molar-refractivity contribution in [1.82, 2.24) is 9.97 Å². The number of aromatic nitrogens is 2. The zero-order valence-electron chi connectivity index (χ0n) is 7.40. The lowest BCUT2D eigenvalue weighted by atomic mass is 10.5. The Morgan fingerprint density at radius 2 is 1.87 bits per heavy atom. The number of H-pyrrole nitrogens is 1. The van der Waals surface area contributed by atoms with E-state index in [1.165, 1.54) is 0 Å². The summed E-state index contributed by atoms with van der Waals surface area (Å²) in [5.74, 6) is -0.123. The number of nitrogens with two attached hydrogens (primary N) is 2. The van der Waals surface area contributed by atoms with Crippen molar-refractivity contribution in [3.63, 3.8) is 0 Å². The second kappa shape index (κ2) is 4.09. The van der Waals surface area contributed by atoms with Crippen LogP contribution in [0.5, 0.6) is 0 Å². The maximum absolute atomic E-state index is 11.2. The summed E-state index contributed by atoms with van der Waals surface area (Å²) in [6.45, 7) is 0. The van der Waals surface area contributed by atoms with Crippen LogP contribution in [0.25, 0.3) is 0 Å². The fourth-order valence-electron chi connectivity index (χ4n) is 0.797. The number of aromatic amines is 1. The van der Waals surface area contributed by atoms with Crippen LogP contribution >= 0.6 is 0 Å². The number of urea groups is 2. The number of nitrogens with zero attached hydrogens (tertiary/aromatic N) is 1. The van der Waals surface area contributed by atoms with Gasteiger partial charge in [-0.2, -0.15) is 0 Å². The smallest absolute Gasteiger partial charge is 0.318 e. The van der Waals surface area contributed by atoms with Gasteiger partial charge in [0.15, 0.2) is 0 Å². The Labute approximate surface area is 82.9 Å². The number of anilines is 2. The summed E-state index contributed by atoms with van der Waals surface area (Å²) in [5, 5.41) is 4.10. The lowest BCUT2D eigenvalue weighted by Crippen LogP contribution is -2.27. The summed E-state index contributed by atoms with van der Waals surface area (Å²) in [7, 11) is 0. The predicted octanol–water partition coefficient (Wildman–Crippen LogP) is -1.25. The minimum absolute atomic E-state index is 0.123. The number of carbonyl (C=O) groups excluding carboxylic acids is 2. The average molecular weight is 212 g/mol. The van der Waals surface area contributed by atoms with Crippen molar-refractivity contribution in [3.8, 4) is 0 Å². The van der Waals surface area contributed by atoms with Gasteiger partial charge >= 0.3 is 12.1 Å². The molecular formula is C6H8N6O3. The van der Waals surface area contributed by atoms with Gasteiger partial charge in [0.25, 0.3) is 5.56 Å². The molecule has 80 valence electrons. The minimum atomic E-state index is -0.891. The molecule has 0 aliphatic rings. The van der Waals surface area contributed by atoms with Crippen molar-refractivity contribution < 1.29 is 9.59 Å². The van der Waals surface area contributed by atoms with Crippen LogP contribution in [-0.2, 0) is 0 Å². The third-order valence-electron chi connectivity index (χ3n) is 1.30. The highest BCUT2D eigenvalue weighted by atomic mass is 16.2. The molecule has 0 saturated heterocycles.